The molecule has 1 N–H and O–H groups in total. The first-order valence-electron chi connectivity index (χ1n) is 9.04. The minimum atomic E-state index is -0.488. The number of hydrogen-bond donors (Lipinski definition) is 1. The Labute approximate surface area is 152 Å². The minimum Gasteiger partial charge on any atom is -0.493 e. The molecule has 0 aliphatic heterocycles. The maximum atomic E-state index is 10.3. The van der Waals surface area contributed by atoms with Gasteiger partial charge in [0.1, 0.15) is 0 Å². The SMILES string of the molecule is COc1ccc(COCC(O)CN(CC(C)C)CC(C)C)cc1OC. The van der Waals surface area contributed by atoms with Crippen LogP contribution in [0.25, 0.3) is 0 Å². The van der Waals surface area contributed by atoms with Crippen LogP contribution in [0, 0.1) is 11.8 Å². The Morgan fingerprint density at radius 3 is 2.04 bits per heavy atom. The lowest BCUT2D eigenvalue weighted by Crippen LogP contribution is -2.39. The minimum absolute atomic E-state index is 0.320. The molecule has 1 aromatic carbocycles. The average molecular weight is 354 g/mol. The highest BCUT2D eigenvalue weighted by Gasteiger charge is 2.15. The number of nitrogens with zero attached hydrogens (tertiary/aromatic N) is 1. The number of ether oxygens (including phenoxy) is 3. The normalized spacial score (nSPS) is 12.9. The third kappa shape index (κ3) is 8.56. The van der Waals surface area contributed by atoms with Gasteiger partial charge in [0.15, 0.2) is 11.5 Å². The molecular formula is C20H35NO4. The Hall–Kier alpha value is -1.30. The topological polar surface area (TPSA) is 51.2 Å². The van der Waals surface area contributed by atoms with Gasteiger partial charge in [-0.1, -0.05) is 33.8 Å². The van der Waals surface area contributed by atoms with Crippen LogP contribution in [0.15, 0.2) is 18.2 Å². The molecule has 0 aliphatic carbocycles. The van der Waals surface area contributed by atoms with Crippen molar-refractivity contribution < 1.29 is 19.3 Å². The molecule has 1 unspecified atom stereocenters. The number of aliphatic hydroxyl groups is 1. The number of methoxy groups -OCH3 is 2. The smallest absolute Gasteiger partial charge is 0.161 e. The summed E-state index contributed by atoms with van der Waals surface area (Å²) in [5.74, 6) is 2.55. The maximum Gasteiger partial charge on any atom is 0.161 e. The van der Waals surface area contributed by atoms with Crippen molar-refractivity contribution in [3.05, 3.63) is 23.8 Å². The van der Waals surface area contributed by atoms with Gasteiger partial charge in [-0.2, -0.15) is 0 Å². The van der Waals surface area contributed by atoms with E-state index in [-0.39, 0.29) is 0 Å². The summed E-state index contributed by atoms with van der Waals surface area (Å²) in [5.41, 5.74) is 0.992. The fourth-order valence-electron chi connectivity index (χ4n) is 2.89. The predicted octanol–water partition coefficient (Wildman–Crippen LogP) is 3.20. The highest BCUT2D eigenvalue weighted by Crippen LogP contribution is 2.27. The van der Waals surface area contributed by atoms with E-state index in [9.17, 15) is 5.11 Å². The zero-order valence-corrected chi connectivity index (χ0v) is 16.6. The van der Waals surface area contributed by atoms with Gasteiger partial charge in [0.25, 0.3) is 0 Å². The second kappa shape index (κ2) is 11.3. The summed E-state index contributed by atoms with van der Waals surface area (Å²) in [6, 6.07) is 5.70. The largest absolute Gasteiger partial charge is 0.493 e. The molecule has 0 aromatic heterocycles. The number of hydrogen-bond acceptors (Lipinski definition) is 5. The van der Waals surface area contributed by atoms with Gasteiger partial charge in [0, 0.05) is 19.6 Å². The van der Waals surface area contributed by atoms with Crippen LogP contribution >= 0.6 is 0 Å². The van der Waals surface area contributed by atoms with Crippen molar-refractivity contribution >= 4 is 0 Å². The van der Waals surface area contributed by atoms with E-state index >= 15 is 0 Å². The monoisotopic (exact) mass is 353 g/mol. The van der Waals surface area contributed by atoms with E-state index in [2.05, 4.69) is 32.6 Å². The summed E-state index contributed by atoms with van der Waals surface area (Å²) < 4.78 is 16.2. The Kier molecular flexibility index (Phi) is 9.86. The van der Waals surface area contributed by atoms with Crippen molar-refractivity contribution in [1.82, 2.24) is 4.90 Å². The summed E-state index contributed by atoms with van der Waals surface area (Å²) >= 11 is 0. The second-order valence-electron chi connectivity index (χ2n) is 7.36. The lowest BCUT2D eigenvalue weighted by Gasteiger charge is -2.28. The Bertz CT molecular complexity index is 481. The molecule has 1 atom stereocenters. The lowest BCUT2D eigenvalue weighted by atomic mass is 10.1. The molecule has 1 aromatic rings. The first-order chi connectivity index (χ1) is 11.8. The van der Waals surface area contributed by atoms with Crippen LogP contribution in [0.4, 0.5) is 0 Å². The van der Waals surface area contributed by atoms with Gasteiger partial charge in [0.05, 0.1) is 33.5 Å². The molecule has 5 heteroatoms. The fourth-order valence-corrected chi connectivity index (χ4v) is 2.89. The molecule has 0 radical (unpaired) electrons. The van der Waals surface area contributed by atoms with E-state index in [1.54, 1.807) is 14.2 Å². The second-order valence-corrected chi connectivity index (χ2v) is 7.36. The molecule has 5 nitrogen and oxygen atoms in total. The van der Waals surface area contributed by atoms with E-state index in [1.165, 1.54) is 0 Å². The highest BCUT2D eigenvalue weighted by atomic mass is 16.5. The molecule has 144 valence electrons. The molecule has 0 amide bonds. The summed E-state index contributed by atoms with van der Waals surface area (Å²) in [5, 5.41) is 10.3. The van der Waals surface area contributed by atoms with Crippen molar-refractivity contribution in [1.29, 1.82) is 0 Å². The van der Waals surface area contributed by atoms with Gasteiger partial charge in [-0.05, 0) is 29.5 Å². The molecule has 0 heterocycles. The molecule has 0 saturated heterocycles. The number of rotatable bonds is 12. The molecule has 0 saturated carbocycles. The molecule has 25 heavy (non-hydrogen) atoms. The zero-order valence-electron chi connectivity index (χ0n) is 16.6. The maximum absolute atomic E-state index is 10.3. The Balaban J connectivity index is 2.46. The van der Waals surface area contributed by atoms with Crippen LogP contribution in [-0.2, 0) is 11.3 Å². The number of benzene rings is 1. The van der Waals surface area contributed by atoms with E-state index in [0.717, 1.165) is 18.7 Å². The summed E-state index contributed by atoms with van der Waals surface area (Å²) in [7, 11) is 3.23. The molecule has 0 spiro atoms. The van der Waals surface area contributed by atoms with E-state index < -0.39 is 6.10 Å². The molecule has 1 rings (SSSR count). The Morgan fingerprint density at radius 2 is 1.52 bits per heavy atom. The molecule has 0 aliphatic rings. The summed E-state index contributed by atoms with van der Waals surface area (Å²) in [6.07, 6.45) is -0.488. The van der Waals surface area contributed by atoms with Crippen LogP contribution in [0.1, 0.15) is 33.3 Å². The average Bonchev–Trinajstić information content (AvgIpc) is 2.53. The first kappa shape index (κ1) is 21.7. The first-order valence-corrected chi connectivity index (χ1v) is 9.04. The third-order valence-corrected chi connectivity index (χ3v) is 3.74. The standard InChI is InChI=1S/C20H35NO4/c1-15(2)10-21(11-16(3)4)12-18(22)14-25-13-17-7-8-19(23-5)20(9-17)24-6/h7-9,15-16,18,22H,10-14H2,1-6H3. The van der Waals surface area contributed by atoms with E-state index in [0.29, 0.717) is 43.1 Å². The van der Waals surface area contributed by atoms with Crippen LogP contribution in [0.2, 0.25) is 0 Å². The van der Waals surface area contributed by atoms with Crippen molar-refractivity contribution in [3.63, 3.8) is 0 Å². The summed E-state index contributed by atoms with van der Waals surface area (Å²) in [4.78, 5) is 2.32. The van der Waals surface area contributed by atoms with Gasteiger partial charge in [0.2, 0.25) is 0 Å². The van der Waals surface area contributed by atoms with Gasteiger partial charge < -0.3 is 24.2 Å². The van der Waals surface area contributed by atoms with Crippen molar-refractivity contribution in [2.75, 3.05) is 40.5 Å². The lowest BCUT2D eigenvalue weighted by molar-refractivity contribution is 0.00639. The third-order valence-electron chi connectivity index (χ3n) is 3.74. The van der Waals surface area contributed by atoms with Crippen molar-refractivity contribution in [3.8, 4) is 11.5 Å². The van der Waals surface area contributed by atoms with Crippen molar-refractivity contribution in [2.45, 2.75) is 40.4 Å². The molecular weight excluding hydrogens is 318 g/mol. The van der Waals surface area contributed by atoms with E-state index in [1.807, 2.05) is 18.2 Å². The molecule has 0 fully saturated rings. The predicted molar refractivity (Wildman–Crippen MR) is 101 cm³/mol. The Morgan fingerprint density at radius 1 is 0.920 bits per heavy atom. The van der Waals surface area contributed by atoms with Gasteiger partial charge in [-0.25, -0.2) is 0 Å². The van der Waals surface area contributed by atoms with Gasteiger partial charge in [-0.3, -0.25) is 0 Å². The van der Waals surface area contributed by atoms with E-state index in [4.69, 9.17) is 14.2 Å². The van der Waals surface area contributed by atoms with Crippen LogP contribution in [-0.4, -0.2) is 56.6 Å². The highest BCUT2D eigenvalue weighted by molar-refractivity contribution is 5.42. The molecule has 0 bridgehead atoms. The van der Waals surface area contributed by atoms with Gasteiger partial charge >= 0.3 is 0 Å². The fraction of sp³-hybridized carbons (Fsp3) is 0.700. The van der Waals surface area contributed by atoms with Crippen LogP contribution in [0.3, 0.4) is 0 Å². The zero-order chi connectivity index (χ0) is 18.8. The van der Waals surface area contributed by atoms with Gasteiger partial charge in [-0.15, -0.1) is 0 Å². The van der Waals surface area contributed by atoms with Crippen LogP contribution in [0.5, 0.6) is 11.5 Å². The number of aliphatic hydroxyl groups excluding tert-OH is 1. The summed E-state index contributed by atoms with van der Waals surface area (Å²) in [6.45, 7) is 12.2. The van der Waals surface area contributed by atoms with Crippen LogP contribution < -0.4 is 9.47 Å². The quantitative estimate of drug-likeness (QED) is 0.625. The van der Waals surface area contributed by atoms with Crippen molar-refractivity contribution in [2.24, 2.45) is 11.8 Å².